The predicted molar refractivity (Wildman–Crippen MR) is 76.8 cm³/mol. The van der Waals surface area contributed by atoms with Crippen molar-refractivity contribution in [2.75, 3.05) is 14.2 Å². The molecule has 122 valence electrons. The Morgan fingerprint density at radius 3 is 2.36 bits per heavy atom. The van der Waals surface area contributed by atoms with Crippen molar-refractivity contribution in [2.24, 2.45) is 0 Å². The lowest BCUT2D eigenvalue weighted by Crippen LogP contribution is -2.38. The fraction of sp³-hybridized carbons (Fsp3) is 0.333. The van der Waals surface area contributed by atoms with Gasteiger partial charge in [0.15, 0.2) is 5.75 Å². The van der Waals surface area contributed by atoms with Gasteiger partial charge in [-0.25, -0.2) is 13.2 Å². The molecule has 2 N–H and O–H groups in total. The Morgan fingerprint density at radius 2 is 1.91 bits per heavy atom. The van der Waals surface area contributed by atoms with Gasteiger partial charge in [0.2, 0.25) is 10.0 Å². The highest BCUT2D eigenvalue weighted by atomic mass is 35.5. The molecule has 0 fully saturated rings. The van der Waals surface area contributed by atoms with E-state index in [1.807, 2.05) is 4.72 Å². The molecule has 0 bridgehead atoms. The molecule has 1 atom stereocenters. The number of carboxylic acids is 1. The number of halogens is 1. The molecule has 0 saturated carbocycles. The lowest BCUT2D eigenvalue weighted by molar-refractivity contribution is -0.138. The minimum atomic E-state index is -4.28. The molecule has 8 nitrogen and oxygen atoms in total. The number of ether oxygens (including phenoxy) is 2. The van der Waals surface area contributed by atoms with E-state index >= 15 is 0 Å². The Morgan fingerprint density at radius 1 is 1.32 bits per heavy atom. The molecule has 0 aliphatic heterocycles. The molecule has 1 aromatic rings. The summed E-state index contributed by atoms with van der Waals surface area (Å²) in [6.45, 7) is 1.15. The van der Waals surface area contributed by atoms with Crippen molar-refractivity contribution in [3.05, 3.63) is 22.7 Å². The van der Waals surface area contributed by atoms with Crippen LogP contribution in [-0.2, 0) is 19.6 Å². The third-order valence-electron chi connectivity index (χ3n) is 2.62. The van der Waals surface area contributed by atoms with Crippen molar-refractivity contribution in [2.45, 2.75) is 17.9 Å². The molecule has 0 amide bonds. The molecule has 0 spiro atoms. The van der Waals surface area contributed by atoms with Gasteiger partial charge in [0.25, 0.3) is 0 Å². The van der Waals surface area contributed by atoms with Gasteiger partial charge in [0.05, 0.1) is 14.2 Å². The number of esters is 1. The number of carbonyl (C=O) groups is 2. The molecule has 0 aromatic heterocycles. The Hall–Kier alpha value is -1.84. The van der Waals surface area contributed by atoms with Crippen molar-refractivity contribution in [3.8, 4) is 5.75 Å². The summed E-state index contributed by atoms with van der Waals surface area (Å²) in [7, 11) is -2.01. The third kappa shape index (κ3) is 3.87. The molecular weight excluding hydrogens is 338 g/mol. The first-order chi connectivity index (χ1) is 10.1. The fourth-order valence-electron chi connectivity index (χ4n) is 1.59. The maximum absolute atomic E-state index is 12.3. The van der Waals surface area contributed by atoms with Gasteiger partial charge in [0, 0.05) is 5.02 Å². The summed E-state index contributed by atoms with van der Waals surface area (Å²) in [4.78, 5) is 22.0. The molecule has 0 aliphatic rings. The molecular formula is C12H14ClNO7S. The lowest BCUT2D eigenvalue weighted by atomic mass is 10.2. The fourth-order valence-corrected chi connectivity index (χ4v) is 3.28. The highest BCUT2D eigenvalue weighted by Crippen LogP contribution is 2.32. The number of carboxylic acid groups (broad SMARTS) is 1. The maximum atomic E-state index is 12.3. The van der Waals surface area contributed by atoms with Crippen LogP contribution < -0.4 is 9.46 Å². The second kappa shape index (κ2) is 6.95. The van der Waals surface area contributed by atoms with Crippen LogP contribution in [-0.4, -0.2) is 45.7 Å². The van der Waals surface area contributed by atoms with Crippen molar-refractivity contribution in [1.29, 1.82) is 0 Å². The van der Waals surface area contributed by atoms with Crippen molar-refractivity contribution in [3.63, 3.8) is 0 Å². The van der Waals surface area contributed by atoms with Crippen molar-refractivity contribution < 1.29 is 32.6 Å². The van der Waals surface area contributed by atoms with Crippen LogP contribution in [0.1, 0.15) is 17.3 Å². The monoisotopic (exact) mass is 351 g/mol. The van der Waals surface area contributed by atoms with Crippen LogP contribution in [0, 0.1) is 0 Å². The normalized spacial score (nSPS) is 12.5. The zero-order valence-electron chi connectivity index (χ0n) is 11.9. The first-order valence-electron chi connectivity index (χ1n) is 5.85. The highest BCUT2D eigenvalue weighted by Gasteiger charge is 2.29. The Labute approximate surface area is 132 Å². The van der Waals surface area contributed by atoms with E-state index in [9.17, 15) is 18.0 Å². The molecule has 0 heterocycles. The lowest BCUT2D eigenvalue weighted by Gasteiger charge is -2.15. The van der Waals surface area contributed by atoms with E-state index in [-0.39, 0.29) is 16.3 Å². The minimum Gasteiger partial charge on any atom is -0.494 e. The van der Waals surface area contributed by atoms with Crippen LogP contribution in [0.4, 0.5) is 0 Å². The van der Waals surface area contributed by atoms with Gasteiger partial charge in [-0.15, -0.1) is 0 Å². The summed E-state index contributed by atoms with van der Waals surface area (Å²) < 4.78 is 36.0. The summed E-state index contributed by atoms with van der Waals surface area (Å²) in [6, 6.07) is 0.852. The minimum absolute atomic E-state index is 0.0513. The summed E-state index contributed by atoms with van der Waals surface area (Å²) in [5.74, 6) is -2.50. The number of methoxy groups -OCH3 is 2. The zero-order valence-corrected chi connectivity index (χ0v) is 13.5. The second-order valence-electron chi connectivity index (χ2n) is 4.16. The predicted octanol–water partition coefficient (Wildman–Crippen LogP) is 0.887. The van der Waals surface area contributed by atoms with Gasteiger partial charge in [-0.1, -0.05) is 11.6 Å². The number of nitrogens with one attached hydrogen (secondary N) is 1. The van der Waals surface area contributed by atoms with Gasteiger partial charge >= 0.3 is 11.9 Å². The van der Waals surface area contributed by atoms with E-state index in [1.54, 1.807) is 0 Å². The number of hydrogen-bond donors (Lipinski definition) is 2. The zero-order chi connectivity index (χ0) is 17.1. The maximum Gasteiger partial charge on any atom is 0.341 e. The largest absolute Gasteiger partial charge is 0.494 e. The molecule has 10 heteroatoms. The second-order valence-corrected chi connectivity index (χ2v) is 6.28. The van der Waals surface area contributed by atoms with Gasteiger partial charge in [-0.2, -0.15) is 4.72 Å². The van der Waals surface area contributed by atoms with Crippen molar-refractivity contribution >= 4 is 33.6 Å². The third-order valence-corrected chi connectivity index (χ3v) is 4.39. The quantitative estimate of drug-likeness (QED) is 0.730. The van der Waals surface area contributed by atoms with Gasteiger partial charge in [0.1, 0.15) is 16.5 Å². The van der Waals surface area contributed by atoms with Crippen molar-refractivity contribution in [1.82, 2.24) is 4.72 Å². The SMILES string of the molecule is COC(=O)c1cc(Cl)cc(S(=O)(=O)NC(C)C(=O)O)c1OC. The molecule has 0 saturated heterocycles. The molecule has 22 heavy (non-hydrogen) atoms. The number of carbonyl (C=O) groups excluding carboxylic acids is 1. The number of sulfonamides is 1. The van der Waals surface area contributed by atoms with E-state index in [0.29, 0.717) is 0 Å². The Kier molecular flexibility index (Phi) is 5.75. The van der Waals surface area contributed by atoms with Crippen LogP contribution in [0.2, 0.25) is 5.02 Å². The average molecular weight is 352 g/mol. The number of hydrogen-bond acceptors (Lipinski definition) is 6. The number of aliphatic carboxylic acids is 1. The Bertz CT molecular complexity index is 702. The molecule has 0 aliphatic carbocycles. The van der Waals surface area contributed by atoms with Crippen LogP contribution in [0.25, 0.3) is 0 Å². The number of rotatable bonds is 6. The molecule has 1 aromatic carbocycles. The van der Waals surface area contributed by atoms with E-state index in [4.69, 9.17) is 21.4 Å². The van der Waals surface area contributed by atoms with Gasteiger partial charge in [-0.3, -0.25) is 4.79 Å². The van der Waals surface area contributed by atoms with Crippen LogP contribution in [0.3, 0.4) is 0 Å². The van der Waals surface area contributed by atoms with E-state index in [1.165, 1.54) is 6.07 Å². The van der Waals surface area contributed by atoms with Crippen LogP contribution in [0.5, 0.6) is 5.75 Å². The summed E-state index contributed by atoms with van der Waals surface area (Å²) in [5, 5.41) is 8.74. The highest BCUT2D eigenvalue weighted by molar-refractivity contribution is 7.89. The first-order valence-corrected chi connectivity index (χ1v) is 7.71. The smallest absolute Gasteiger partial charge is 0.341 e. The molecule has 1 rings (SSSR count). The molecule has 1 unspecified atom stereocenters. The van der Waals surface area contributed by atoms with E-state index < -0.39 is 32.9 Å². The van der Waals surface area contributed by atoms with E-state index in [2.05, 4.69) is 4.74 Å². The van der Waals surface area contributed by atoms with Gasteiger partial charge < -0.3 is 14.6 Å². The summed E-state index contributed by atoms with van der Waals surface area (Å²) >= 11 is 5.81. The van der Waals surface area contributed by atoms with E-state index in [0.717, 1.165) is 27.2 Å². The topological polar surface area (TPSA) is 119 Å². The van der Waals surface area contributed by atoms with Crippen LogP contribution >= 0.6 is 11.6 Å². The Balaban J connectivity index is 3.49. The molecule has 0 radical (unpaired) electrons. The first kappa shape index (κ1) is 18.2. The standard InChI is InChI=1S/C12H14ClNO7S/c1-6(11(15)16)14-22(18,19)9-5-7(13)4-8(10(9)20-2)12(17)21-3/h4-6,14H,1-3H3,(H,15,16). The summed E-state index contributed by atoms with van der Waals surface area (Å²) in [6.07, 6.45) is 0. The van der Waals surface area contributed by atoms with Crippen LogP contribution in [0.15, 0.2) is 17.0 Å². The van der Waals surface area contributed by atoms with Gasteiger partial charge in [-0.05, 0) is 19.1 Å². The number of benzene rings is 1. The summed E-state index contributed by atoms with van der Waals surface area (Å²) in [5.41, 5.74) is -0.194. The average Bonchev–Trinajstić information content (AvgIpc) is 2.44.